The van der Waals surface area contributed by atoms with E-state index in [1.54, 1.807) is 0 Å². The van der Waals surface area contributed by atoms with E-state index in [1.807, 2.05) is 43.6 Å². The first kappa shape index (κ1) is 14.5. The summed E-state index contributed by atoms with van der Waals surface area (Å²) in [7, 11) is 0. The third-order valence-corrected chi connectivity index (χ3v) is 5.55. The van der Waals surface area contributed by atoms with Crippen LogP contribution in [0.5, 0.6) is 0 Å². The Hall–Kier alpha value is -2.10. The zero-order chi connectivity index (χ0) is 15.8. The normalized spacial score (nSPS) is 25.7. The van der Waals surface area contributed by atoms with Crippen LogP contribution in [0.4, 0.5) is 0 Å². The van der Waals surface area contributed by atoms with Crippen molar-refractivity contribution in [2.75, 3.05) is 0 Å². The molecule has 0 spiro atoms. The second-order valence-electron chi connectivity index (χ2n) is 7.05. The van der Waals surface area contributed by atoms with Crippen LogP contribution in [0.1, 0.15) is 47.4 Å². The molecular formula is C19H23N3O. The van der Waals surface area contributed by atoms with Gasteiger partial charge in [0.05, 0.1) is 0 Å². The highest BCUT2D eigenvalue weighted by Gasteiger charge is 2.40. The van der Waals surface area contributed by atoms with E-state index >= 15 is 0 Å². The van der Waals surface area contributed by atoms with Crippen molar-refractivity contribution in [3.05, 3.63) is 53.6 Å². The molecule has 2 aliphatic carbocycles. The third kappa shape index (κ3) is 2.90. The zero-order valence-corrected chi connectivity index (χ0v) is 13.5. The molecule has 3 atom stereocenters. The van der Waals surface area contributed by atoms with Crippen molar-refractivity contribution >= 4 is 5.91 Å². The summed E-state index contributed by atoms with van der Waals surface area (Å²) in [6.07, 6.45) is 8.93. The van der Waals surface area contributed by atoms with Crippen molar-refractivity contribution in [2.45, 2.75) is 45.2 Å². The van der Waals surface area contributed by atoms with Gasteiger partial charge in [-0.25, -0.2) is 4.98 Å². The van der Waals surface area contributed by atoms with Gasteiger partial charge in [-0.1, -0.05) is 18.6 Å². The first-order valence-electron chi connectivity index (χ1n) is 8.56. The maximum Gasteiger partial charge on any atom is 0.251 e. The standard InChI is InChI=1S/C19H23N3O/c1-13-20-8-9-22(13)12-14-2-5-16(6-3-14)19(23)21-18-11-15-4-7-17(18)10-15/h2-3,5-6,8-9,15,17-18H,4,7,10-12H2,1H3,(H,21,23)/t15-,17+,18-/m0/s1. The Morgan fingerprint density at radius 1 is 1.26 bits per heavy atom. The van der Waals surface area contributed by atoms with Gasteiger partial charge in [0, 0.05) is 30.5 Å². The SMILES string of the molecule is Cc1nccn1Cc1ccc(C(=O)N[C@H]2C[C@H]3CC[C@@H]2C3)cc1. The number of aryl methyl sites for hydroxylation is 1. The molecule has 2 aliphatic rings. The number of hydrogen-bond donors (Lipinski definition) is 1. The van der Waals surface area contributed by atoms with E-state index in [0.717, 1.165) is 23.9 Å². The van der Waals surface area contributed by atoms with Gasteiger partial charge in [0.1, 0.15) is 5.82 Å². The topological polar surface area (TPSA) is 46.9 Å². The fraction of sp³-hybridized carbons (Fsp3) is 0.474. The molecule has 1 N–H and O–H groups in total. The molecule has 0 radical (unpaired) electrons. The van der Waals surface area contributed by atoms with E-state index in [0.29, 0.717) is 12.0 Å². The van der Waals surface area contributed by atoms with Crippen molar-refractivity contribution in [2.24, 2.45) is 11.8 Å². The van der Waals surface area contributed by atoms with Gasteiger partial charge in [-0.15, -0.1) is 0 Å². The maximum atomic E-state index is 12.4. The van der Waals surface area contributed by atoms with Gasteiger partial charge >= 0.3 is 0 Å². The highest BCUT2D eigenvalue weighted by molar-refractivity contribution is 5.94. The number of nitrogens with one attached hydrogen (secondary N) is 1. The highest BCUT2D eigenvalue weighted by atomic mass is 16.1. The Bertz CT molecular complexity index is 704. The Morgan fingerprint density at radius 2 is 2.09 bits per heavy atom. The van der Waals surface area contributed by atoms with Crippen LogP contribution in [0.2, 0.25) is 0 Å². The Morgan fingerprint density at radius 3 is 2.70 bits per heavy atom. The number of rotatable bonds is 4. The van der Waals surface area contributed by atoms with Gasteiger partial charge in [0.2, 0.25) is 0 Å². The van der Waals surface area contributed by atoms with Crippen molar-refractivity contribution in [3.8, 4) is 0 Å². The molecular weight excluding hydrogens is 286 g/mol. The van der Waals surface area contributed by atoms with E-state index in [4.69, 9.17) is 0 Å². The lowest BCUT2D eigenvalue weighted by Gasteiger charge is -2.22. The van der Waals surface area contributed by atoms with Crippen LogP contribution in [0.15, 0.2) is 36.7 Å². The van der Waals surface area contributed by atoms with Gasteiger partial charge in [-0.3, -0.25) is 4.79 Å². The fourth-order valence-corrected chi connectivity index (χ4v) is 4.20. The van der Waals surface area contributed by atoms with Gasteiger partial charge < -0.3 is 9.88 Å². The molecule has 2 saturated carbocycles. The molecule has 0 unspecified atom stereocenters. The van der Waals surface area contributed by atoms with Crippen LogP contribution in [0.3, 0.4) is 0 Å². The predicted octanol–water partition coefficient (Wildman–Crippen LogP) is 3.16. The molecule has 0 aliphatic heterocycles. The summed E-state index contributed by atoms with van der Waals surface area (Å²) in [5.74, 6) is 2.65. The molecule has 23 heavy (non-hydrogen) atoms. The molecule has 0 saturated heterocycles. The van der Waals surface area contributed by atoms with E-state index in [9.17, 15) is 4.79 Å². The molecule has 1 heterocycles. The molecule has 2 aromatic rings. The lowest BCUT2D eigenvalue weighted by molar-refractivity contribution is 0.0923. The number of fused-ring (bicyclic) bond motifs is 2. The summed E-state index contributed by atoms with van der Waals surface area (Å²) in [5.41, 5.74) is 1.95. The monoisotopic (exact) mass is 309 g/mol. The number of benzene rings is 1. The number of carbonyl (C=O) groups excluding carboxylic acids is 1. The van der Waals surface area contributed by atoms with Crippen molar-refractivity contribution in [3.63, 3.8) is 0 Å². The third-order valence-electron chi connectivity index (χ3n) is 5.55. The van der Waals surface area contributed by atoms with E-state index < -0.39 is 0 Å². The number of amides is 1. The fourth-order valence-electron chi connectivity index (χ4n) is 4.20. The lowest BCUT2D eigenvalue weighted by Crippen LogP contribution is -2.38. The van der Waals surface area contributed by atoms with Crippen LogP contribution >= 0.6 is 0 Å². The average molecular weight is 309 g/mol. The molecule has 1 aromatic heterocycles. The smallest absolute Gasteiger partial charge is 0.251 e. The molecule has 4 heteroatoms. The van der Waals surface area contributed by atoms with E-state index in [1.165, 1.54) is 31.2 Å². The van der Waals surface area contributed by atoms with Crippen LogP contribution in [0.25, 0.3) is 0 Å². The van der Waals surface area contributed by atoms with Crippen LogP contribution < -0.4 is 5.32 Å². The van der Waals surface area contributed by atoms with Crippen molar-refractivity contribution in [1.29, 1.82) is 0 Å². The number of carbonyl (C=O) groups is 1. The molecule has 2 fully saturated rings. The predicted molar refractivity (Wildman–Crippen MR) is 89.2 cm³/mol. The number of imidazole rings is 1. The largest absolute Gasteiger partial charge is 0.349 e. The number of hydrogen-bond acceptors (Lipinski definition) is 2. The molecule has 2 bridgehead atoms. The molecule has 4 nitrogen and oxygen atoms in total. The second-order valence-corrected chi connectivity index (χ2v) is 7.05. The minimum atomic E-state index is 0.0768. The molecule has 1 aromatic carbocycles. The van der Waals surface area contributed by atoms with Crippen molar-refractivity contribution in [1.82, 2.24) is 14.9 Å². The Labute approximate surface area is 136 Å². The Kier molecular flexibility index (Phi) is 3.68. The average Bonchev–Trinajstić information content (AvgIpc) is 3.26. The summed E-state index contributed by atoms with van der Waals surface area (Å²) < 4.78 is 2.10. The number of aromatic nitrogens is 2. The summed E-state index contributed by atoms with van der Waals surface area (Å²) in [4.78, 5) is 16.7. The minimum Gasteiger partial charge on any atom is -0.349 e. The van der Waals surface area contributed by atoms with Gasteiger partial charge in [0.25, 0.3) is 5.91 Å². The Balaban J connectivity index is 1.39. The minimum absolute atomic E-state index is 0.0768. The van der Waals surface area contributed by atoms with Gasteiger partial charge in [-0.05, 0) is 55.7 Å². The van der Waals surface area contributed by atoms with E-state index in [-0.39, 0.29) is 5.91 Å². The number of nitrogens with zero attached hydrogens (tertiary/aromatic N) is 2. The van der Waals surface area contributed by atoms with Crippen LogP contribution in [-0.4, -0.2) is 21.5 Å². The highest BCUT2D eigenvalue weighted by Crippen LogP contribution is 2.44. The van der Waals surface area contributed by atoms with Crippen LogP contribution in [-0.2, 0) is 6.54 Å². The lowest BCUT2D eigenvalue weighted by atomic mass is 9.95. The first-order valence-corrected chi connectivity index (χ1v) is 8.56. The summed E-state index contributed by atoms with van der Waals surface area (Å²) >= 11 is 0. The summed E-state index contributed by atoms with van der Waals surface area (Å²) in [5, 5.41) is 3.25. The second kappa shape index (κ2) is 5.84. The first-order chi connectivity index (χ1) is 11.2. The van der Waals surface area contributed by atoms with Gasteiger partial charge in [-0.2, -0.15) is 0 Å². The van der Waals surface area contributed by atoms with Crippen LogP contribution in [0, 0.1) is 18.8 Å². The van der Waals surface area contributed by atoms with E-state index in [2.05, 4.69) is 14.9 Å². The molecule has 4 rings (SSSR count). The summed E-state index contributed by atoms with van der Waals surface area (Å²) in [6, 6.07) is 8.34. The molecule has 120 valence electrons. The molecule has 1 amide bonds. The quantitative estimate of drug-likeness (QED) is 0.943. The summed E-state index contributed by atoms with van der Waals surface area (Å²) in [6.45, 7) is 2.79. The van der Waals surface area contributed by atoms with Crippen molar-refractivity contribution < 1.29 is 4.79 Å². The van der Waals surface area contributed by atoms with Gasteiger partial charge in [0.15, 0.2) is 0 Å². The zero-order valence-electron chi connectivity index (χ0n) is 13.5. The maximum absolute atomic E-state index is 12.4.